The molecule has 0 radical (unpaired) electrons. The first-order valence-corrected chi connectivity index (χ1v) is 6.51. The zero-order valence-corrected chi connectivity index (χ0v) is 11.2. The summed E-state index contributed by atoms with van der Waals surface area (Å²) < 4.78 is 8.54. The minimum absolute atomic E-state index is 0.0841. The van der Waals surface area contributed by atoms with Gasteiger partial charge in [0.25, 0.3) is 5.56 Å². The van der Waals surface area contributed by atoms with Crippen molar-refractivity contribution in [1.29, 1.82) is 0 Å². The second-order valence-electron chi connectivity index (χ2n) is 4.95. The molecule has 0 saturated carbocycles. The van der Waals surface area contributed by atoms with Crippen molar-refractivity contribution in [1.82, 2.24) is 19.5 Å². The Balaban J connectivity index is 2.15. The van der Waals surface area contributed by atoms with Crippen LogP contribution in [0.15, 0.2) is 16.9 Å². The highest BCUT2D eigenvalue weighted by molar-refractivity contribution is 5.42. The van der Waals surface area contributed by atoms with Gasteiger partial charge in [0.15, 0.2) is 0 Å². The van der Waals surface area contributed by atoms with Crippen LogP contribution < -0.4 is 10.9 Å². The zero-order valence-electron chi connectivity index (χ0n) is 11.2. The van der Waals surface area contributed by atoms with Gasteiger partial charge in [-0.25, -0.2) is 0 Å². The van der Waals surface area contributed by atoms with E-state index in [1.807, 2.05) is 17.7 Å². The van der Waals surface area contributed by atoms with Gasteiger partial charge in [0.2, 0.25) is 0 Å². The zero-order chi connectivity index (χ0) is 13.4. The predicted molar refractivity (Wildman–Crippen MR) is 71.1 cm³/mol. The highest BCUT2D eigenvalue weighted by Gasteiger charge is 2.20. The van der Waals surface area contributed by atoms with Crippen LogP contribution in [-0.4, -0.2) is 27.8 Å². The van der Waals surface area contributed by atoms with Crippen molar-refractivity contribution in [3.8, 4) is 0 Å². The van der Waals surface area contributed by atoms with E-state index in [0.29, 0.717) is 6.61 Å². The van der Waals surface area contributed by atoms with Gasteiger partial charge in [-0.3, -0.25) is 4.79 Å². The van der Waals surface area contributed by atoms with Gasteiger partial charge < -0.3 is 14.6 Å². The molecule has 1 aliphatic heterocycles. The van der Waals surface area contributed by atoms with Crippen molar-refractivity contribution in [2.75, 3.05) is 13.7 Å². The molecule has 6 nitrogen and oxygen atoms in total. The van der Waals surface area contributed by atoms with E-state index in [1.54, 1.807) is 13.2 Å². The highest BCUT2D eigenvalue weighted by atomic mass is 16.5. The van der Waals surface area contributed by atoms with Gasteiger partial charge in [-0.2, -0.15) is 9.61 Å². The largest absolute Gasteiger partial charge is 0.378 e. The fourth-order valence-electron chi connectivity index (χ4n) is 2.73. The lowest BCUT2D eigenvalue weighted by Gasteiger charge is -2.16. The summed E-state index contributed by atoms with van der Waals surface area (Å²) in [5, 5.41) is 7.69. The van der Waals surface area contributed by atoms with Gasteiger partial charge in [-0.1, -0.05) is 0 Å². The van der Waals surface area contributed by atoms with Crippen LogP contribution in [0.4, 0.5) is 0 Å². The topological polar surface area (TPSA) is 60.6 Å². The molecule has 1 aliphatic rings. The molecule has 0 amide bonds. The Labute approximate surface area is 111 Å². The van der Waals surface area contributed by atoms with Gasteiger partial charge >= 0.3 is 0 Å². The number of hydrogen-bond donors (Lipinski definition) is 1. The summed E-state index contributed by atoms with van der Waals surface area (Å²) in [7, 11) is 3.60. The molecule has 0 bridgehead atoms. The van der Waals surface area contributed by atoms with E-state index in [2.05, 4.69) is 10.4 Å². The Bertz CT molecular complexity index is 652. The molecule has 3 rings (SSSR count). The number of fused-ring (bicyclic) bond motifs is 1. The lowest BCUT2D eigenvalue weighted by molar-refractivity contribution is 0.181. The maximum atomic E-state index is 12.1. The number of rotatable bonds is 3. The smallest absolute Gasteiger partial charge is 0.274 e. The van der Waals surface area contributed by atoms with Crippen LogP contribution in [0.3, 0.4) is 0 Å². The van der Waals surface area contributed by atoms with Crippen molar-refractivity contribution < 1.29 is 4.74 Å². The number of ether oxygens (including phenoxy) is 1. The van der Waals surface area contributed by atoms with Crippen molar-refractivity contribution in [3.05, 3.63) is 33.9 Å². The van der Waals surface area contributed by atoms with Gasteiger partial charge in [-0.15, -0.1) is 0 Å². The molecule has 2 aromatic rings. The van der Waals surface area contributed by atoms with Crippen LogP contribution in [0.1, 0.15) is 30.3 Å². The summed E-state index contributed by atoms with van der Waals surface area (Å²) in [5.41, 5.74) is 2.52. The Morgan fingerprint density at radius 1 is 1.53 bits per heavy atom. The average molecular weight is 262 g/mol. The van der Waals surface area contributed by atoms with Crippen molar-refractivity contribution >= 4 is 5.65 Å². The minimum atomic E-state index is -0.0841. The number of methoxy groups -OCH3 is 1. The molecule has 1 saturated heterocycles. The second-order valence-corrected chi connectivity index (χ2v) is 4.95. The van der Waals surface area contributed by atoms with Gasteiger partial charge in [-0.05, 0) is 19.4 Å². The molecule has 3 heterocycles. The first kappa shape index (κ1) is 12.4. The maximum absolute atomic E-state index is 12.1. The van der Waals surface area contributed by atoms with E-state index in [-0.39, 0.29) is 11.6 Å². The molecular formula is C13H18N4O2. The highest BCUT2D eigenvalue weighted by Crippen LogP contribution is 2.22. The molecule has 0 aliphatic carbocycles. The van der Waals surface area contributed by atoms with Crippen LogP contribution >= 0.6 is 0 Å². The van der Waals surface area contributed by atoms with Crippen LogP contribution in [0.5, 0.6) is 0 Å². The normalized spacial score (nSPS) is 19.4. The Morgan fingerprint density at radius 3 is 3.05 bits per heavy atom. The van der Waals surface area contributed by atoms with E-state index in [4.69, 9.17) is 4.74 Å². The summed E-state index contributed by atoms with van der Waals surface area (Å²) in [4.78, 5) is 12.1. The number of aryl methyl sites for hydroxylation is 1. The molecule has 2 aromatic heterocycles. The lowest BCUT2D eigenvalue weighted by atomic mass is 10.1. The first-order valence-electron chi connectivity index (χ1n) is 6.51. The Kier molecular flexibility index (Phi) is 3.12. The van der Waals surface area contributed by atoms with Crippen molar-refractivity contribution in [3.63, 3.8) is 0 Å². The van der Waals surface area contributed by atoms with Crippen molar-refractivity contribution in [2.45, 2.75) is 25.5 Å². The molecule has 0 spiro atoms. The third kappa shape index (κ3) is 2.06. The molecule has 1 N–H and O–H groups in total. The molecular weight excluding hydrogens is 244 g/mol. The Morgan fingerprint density at radius 2 is 2.37 bits per heavy atom. The molecule has 1 atom stereocenters. The summed E-state index contributed by atoms with van der Waals surface area (Å²) in [5.74, 6) is 0. The SMILES string of the molecule is COCc1cc2n(C)c(C3CCCN3)cc(=O)n2n1. The number of hydrogen-bond acceptors (Lipinski definition) is 4. The predicted octanol–water partition coefficient (Wildman–Crippen LogP) is 0.604. The molecule has 102 valence electrons. The number of aromatic nitrogens is 3. The number of nitrogens with one attached hydrogen (secondary N) is 1. The molecule has 1 unspecified atom stereocenters. The van der Waals surface area contributed by atoms with Gasteiger partial charge in [0, 0.05) is 38.0 Å². The monoisotopic (exact) mass is 262 g/mol. The van der Waals surface area contributed by atoms with Gasteiger partial charge in [0.1, 0.15) is 5.65 Å². The van der Waals surface area contributed by atoms with E-state index < -0.39 is 0 Å². The summed E-state index contributed by atoms with van der Waals surface area (Å²) >= 11 is 0. The average Bonchev–Trinajstić information content (AvgIpc) is 3.03. The van der Waals surface area contributed by atoms with Crippen LogP contribution in [0, 0.1) is 0 Å². The van der Waals surface area contributed by atoms with E-state index in [1.165, 1.54) is 4.52 Å². The number of nitrogens with zero attached hydrogens (tertiary/aromatic N) is 3. The summed E-state index contributed by atoms with van der Waals surface area (Å²) in [6, 6.07) is 3.85. The molecule has 0 aromatic carbocycles. The molecule has 1 fully saturated rings. The van der Waals surface area contributed by atoms with Crippen molar-refractivity contribution in [2.24, 2.45) is 7.05 Å². The van der Waals surface area contributed by atoms with Crippen LogP contribution in [-0.2, 0) is 18.4 Å². The summed E-state index contributed by atoms with van der Waals surface area (Å²) in [6.07, 6.45) is 2.22. The lowest BCUT2D eigenvalue weighted by Crippen LogP contribution is -2.24. The van der Waals surface area contributed by atoms with Crippen LogP contribution in [0.2, 0.25) is 0 Å². The standard InChI is InChI=1S/C13H18N4O2/c1-16-11(10-4-3-5-14-10)7-13(18)17-12(16)6-9(15-17)8-19-2/h6-7,10,14H,3-5,8H2,1-2H3. The third-order valence-electron chi connectivity index (χ3n) is 3.66. The van der Waals surface area contributed by atoms with E-state index in [9.17, 15) is 4.79 Å². The third-order valence-corrected chi connectivity index (χ3v) is 3.66. The van der Waals surface area contributed by atoms with Crippen LogP contribution in [0.25, 0.3) is 5.65 Å². The maximum Gasteiger partial charge on any atom is 0.274 e. The van der Waals surface area contributed by atoms with E-state index >= 15 is 0 Å². The second kappa shape index (κ2) is 4.79. The molecule has 19 heavy (non-hydrogen) atoms. The summed E-state index contributed by atoms with van der Waals surface area (Å²) in [6.45, 7) is 1.43. The van der Waals surface area contributed by atoms with E-state index in [0.717, 1.165) is 36.4 Å². The fourth-order valence-corrected chi connectivity index (χ4v) is 2.73. The molecule has 6 heteroatoms. The first-order chi connectivity index (χ1) is 9.20. The fraction of sp³-hybridized carbons (Fsp3) is 0.538. The Hall–Kier alpha value is -1.66. The quantitative estimate of drug-likeness (QED) is 0.880. The minimum Gasteiger partial charge on any atom is -0.378 e. The van der Waals surface area contributed by atoms with Gasteiger partial charge in [0.05, 0.1) is 12.3 Å².